The topological polar surface area (TPSA) is 85.7 Å². The molecule has 0 aliphatic carbocycles. The van der Waals surface area contributed by atoms with Gasteiger partial charge in [0.1, 0.15) is 23.7 Å². The lowest BCUT2D eigenvalue weighted by Crippen LogP contribution is -2.45. The Hall–Kier alpha value is -4.02. The van der Waals surface area contributed by atoms with E-state index in [1.165, 1.54) is 0 Å². The van der Waals surface area contributed by atoms with Crippen LogP contribution >= 0.6 is 0 Å². The van der Waals surface area contributed by atoms with Crippen LogP contribution in [-0.2, 0) is 20.0 Å². The molecule has 0 amide bonds. The van der Waals surface area contributed by atoms with E-state index in [1.54, 1.807) is 12.5 Å². The normalized spacial score (nSPS) is 15.0. The van der Waals surface area contributed by atoms with E-state index in [-0.39, 0.29) is 12.2 Å². The first-order chi connectivity index (χ1) is 18.5. The SMILES string of the molecule is CN1CCN(CCOc2ccn3c(C(=O)Cc4cccc5c4cnn5Cc4cn(C)cn4)cnc3c2)CC1. The lowest BCUT2D eigenvalue weighted by Gasteiger charge is -2.32. The average molecular weight is 513 g/mol. The summed E-state index contributed by atoms with van der Waals surface area (Å²) in [5, 5.41) is 5.54. The number of rotatable bonds is 9. The third-order valence-corrected chi connectivity index (χ3v) is 7.24. The van der Waals surface area contributed by atoms with Crippen molar-refractivity contribution < 1.29 is 9.53 Å². The fraction of sp³-hybridized carbons (Fsp3) is 0.357. The molecule has 0 unspecified atom stereocenters. The van der Waals surface area contributed by atoms with Crippen LogP contribution in [0.4, 0.5) is 0 Å². The lowest BCUT2D eigenvalue weighted by molar-refractivity contribution is 0.0987. The first kappa shape index (κ1) is 24.3. The summed E-state index contributed by atoms with van der Waals surface area (Å²) in [6.07, 6.45) is 9.38. The number of fused-ring (bicyclic) bond motifs is 2. The minimum absolute atomic E-state index is 0.00575. The Labute approximate surface area is 221 Å². The zero-order chi connectivity index (χ0) is 26.1. The third-order valence-electron chi connectivity index (χ3n) is 7.24. The van der Waals surface area contributed by atoms with Gasteiger partial charge in [-0.3, -0.25) is 18.8 Å². The van der Waals surface area contributed by atoms with Gasteiger partial charge < -0.3 is 14.2 Å². The number of ketones is 1. The molecule has 0 N–H and O–H groups in total. The van der Waals surface area contributed by atoms with Crippen molar-refractivity contribution >= 4 is 22.3 Å². The molecule has 5 heterocycles. The van der Waals surface area contributed by atoms with E-state index < -0.39 is 0 Å². The molecule has 1 fully saturated rings. The van der Waals surface area contributed by atoms with Crippen molar-refractivity contribution in [3.05, 3.63) is 78.4 Å². The number of Topliss-reactive ketones (excluding diaryl/α,β-unsaturated/α-hetero) is 1. The van der Waals surface area contributed by atoms with Gasteiger partial charge in [-0.25, -0.2) is 9.97 Å². The first-order valence-corrected chi connectivity index (χ1v) is 13.0. The largest absolute Gasteiger partial charge is 0.492 e. The number of piperazine rings is 1. The molecule has 1 saturated heterocycles. The number of pyridine rings is 1. The molecule has 0 radical (unpaired) electrons. The Balaban J connectivity index is 1.13. The third kappa shape index (κ3) is 5.05. The van der Waals surface area contributed by atoms with Gasteiger partial charge in [0.25, 0.3) is 0 Å². The highest BCUT2D eigenvalue weighted by molar-refractivity contribution is 5.99. The number of imidazole rings is 2. The molecule has 4 aromatic heterocycles. The molecule has 10 heteroatoms. The van der Waals surface area contributed by atoms with Gasteiger partial charge in [-0.05, 0) is 24.7 Å². The summed E-state index contributed by atoms with van der Waals surface area (Å²) in [5.41, 5.74) is 4.12. The van der Waals surface area contributed by atoms with E-state index in [2.05, 4.69) is 31.9 Å². The zero-order valence-corrected chi connectivity index (χ0v) is 21.8. The van der Waals surface area contributed by atoms with Crippen molar-refractivity contribution in [2.45, 2.75) is 13.0 Å². The minimum atomic E-state index is 0.00575. The highest BCUT2D eigenvalue weighted by Gasteiger charge is 2.17. The second-order valence-corrected chi connectivity index (χ2v) is 10.0. The number of ether oxygens (including phenoxy) is 1. The van der Waals surface area contributed by atoms with Gasteiger partial charge in [0.05, 0.1) is 36.5 Å². The monoisotopic (exact) mass is 512 g/mol. The van der Waals surface area contributed by atoms with E-state index in [0.29, 0.717) is 24.5 Å². The number of likely N-dealkylation sites (N-methyl/N-ethyl adjacent to an activating group) is 1. The van der Waals surface area contributed by atoms with Crippen LogP contribution in [0, 0.1) is 0 Å². The number of aromatic nitrogens is 6. The number of carbonyl (C=O) groups is 1. The van der Waals surface area contributed by atoms with Crippen LogP contribution in [0.15, 0.2) is 61.4 Å². The standard InChI is InChI=1S/C28H32N8O2/c1-32-8-10-34(11-9-32)12-13-38-23-6-7-35-26(17-29-28(35)15-23)27(37)14-21-4-3-5-25-24(21)16-31-36(25)19-22-18-33(2)20-30-22/h3-7,15-18,20H,8-14,19H2,1-2H3. The number of hydrogen-bond acceptors (Lipinski definition) is 7. The van der Waals surface area contributed by atoms with E-state index in [1.807, 2.05) is 69.6 Å². The maximum atomic E-state index is 13.3. The van der Waals surface area contributed by atoms with Crippen molar-refractivity contribution in [2.24, 2.45) is 7.05 Å². The van der Waals surface area contributed by atoms with Crippen molar-refractivity contribution in [1.29, 1.82) is 0 Å². The predicted molar refractivity (Wildman–Crippen MR) is 145 cm³/mol. The molecule has 38 heavy (non-hydrogen) atoms. The zero-order valence-electron chi connectivity index (χ0n) is 21.8. The number of hydrogen-bond donors (Lipinski definition) is 0. The Morgan fingerprint density at radius 3 is 2.74 bits per heavy atom. The summed E-state index contributed by atoms with van der Waals surface area (Å²) in [6.45, 7) is 6.45. The van der Waals surface area contributed by atoms with E-state index in [0.717, 1.165) is 60.6 Å². The molecule has 0 spiro atoms. The van der Waals surface area contributed by atoms with Gasteiger partial charge in [0, 0.05) is 70.0 Å². The summed E-state index contributed by atoms with van der Waals surface area (Å²) in [6, 6.07) is 9.78. The molecule has 6 rings (SSSR count). The van der Waals surface area contributed by atoms with Crippen LogP contribution in [-0.4, -0.2) is 90.7 Å². The van der Waals surface area contributed by atoms with Crippen LogP contribution in [0.3, 0.4) is 0 Å². The Morgan fingerprint density at radius 1 is 1.05 bits per heavy atom. The van der Waals surface area contributed by atoms with Gasteiger partial charge in [-0.2, -0.15) is 5.10 Å². The maximum Gasteiger partial charge on any atom is 0.185 e. The predicted octanol–water partition coefficient (Wildman–Crippen LogP) is 2.52. The summed E-state index contributed by atoms with van der Waals surface area (Å²) in [7, 11) is 4.11. The van der Waals surface area contributed by atoms with Crippen molar-refractivity contribution in [1.82, 2.24) is 38.5 Å². The molecule has 0 bridgehead atoms. The van der Waals surface area contributed by atoms with Gasteiger partial charge in [0.2, 0.25) is 0 Å². The van der Waals surface area contributed by atoms with E-state index in [9.17, 15) is 4.79 Å². The molecule has 0 saturated carbocycles. The van der Waals surface area contributed by atoms with Crippen LogP contribution in [0.25, 0.3) is 16.6 Å². The van der Waals surface area contributed by atoms with Crippen molar-refractivity contribution in [2.75, 3.05) is 46.4 Å². The second-order valence-electron chi connectivity index (χ2n) is 10.0. The van der Waals surface area contributed by atoms with Gasteiger partial charge in [-0.1, -0.05) is 12.1 Å². The minimum Gasteiger partial charge on any atom is -0.492 e. The Morgan fingerprint density at radius 2 is 1.92 bits per heavy atom. The van der Waals surface area contributed by atoms with Crippen molar-refractivity contribution in [3.8, 4) is 5.75 Å². The average Bonchev–Trinajstić information content (AvgIpc) is 3.64. The summed E-state index contributed by atoms with van der Waals surface area (Å²) in [5.74, 6) is 0.771. The van der Waals surface area contributed by atoms with Crippen LogP contribution in [0.5, 0.6) is 5.75 Å². The van der Waals surface area contributed by atoms with Crippen LogP contribution < -0.4 is 4.74 Å². The second kappa shape index (κ2) is 10.4. The van der Waals surface area contributed by atoms with Crippen LogP contribution in [0.1, 0.15) is 21.7 Å². The fourth-order valence-corrected chi connectivity index (χ4v) is 5.03. The van der Waals surface area contributed by atoms with Gasteiger partial charge >= 0.3 is 0 Å². The lowest BCUT2D eigenvalue weighted by atomic mass is 10.0. The molecule has 0 atom stereocenters. The highest BCUT2D eigenvalue weighted by Crippen LogP contribution is 2.22. The van der Waals surface area contributed by atoms with Crippen LogP contribution in [0.2, 0.25) is 0 Å². The van der Waals surface area contributed by atoms with Gasteiger partial charge in [0.15, 0.2) is 5.78 Å². The molecule has 1 aliphatic heterocycles. The van der Waals surface area contributed by atoms with E-state index >= 15 is 0 Å². The first-order valence-electron chi connectivity index (χ1n) is 13.0. The quantitative estimate of drug-likeness (QED) is 0.281. The molecule has 5 aromatic rings. The smallest absolute Gasteiger partial charge is 0.185 e. The Bertz CT molecular complexity index is 1570. The van der Waals surface area contributed by atoms with Crippen molar-refractivity contribution in [3.63, 3.8) is 0 Å². The molecular formula is C28H32N8O2. The number of benzene rings is 1. The summed E-state index contributed by atoms with van der Waals surface area (Å²) < 4.78 is 11.7. The highest BCUT2D eigenvalue weighted by atomic mass is 16.5. The summed E-state index contributed by atoms with van der Waals surface area (Å²) in [4.78, 5) is 27.0. The molecular weight excluding hydrogens is 480 g/mol. The molecule has 1 aromatic carbocycles. The molecule has 10 nitrogen and oxygen atoms in total. The fourth-order valence-electron chi connectivity index (χ4n) is 5.03. The number of carbonyl (C=O) groups excluding carboxylic acids is 1. The number of nitrogens with zero attached hydrogens (tertiary/aromatic N) is 8. The van der Waals surface area contributed by atoms with E-state index in [4.69, 9.17) is 4.74 Å². The number of aryl methyl sites for hydroxylation is 1. The Kier molecular flexibility index (Phi) is 6.65. The maximum absolute atomic E-state index is 13.3. The molecule has 1 aliphatic rings. The summed E-state index contributed by atoms with van der Waals surface area (Å²) >= 11 is 0. The van der Waals surface area contributed by atoms with Gasteiger partial charge in [-0.15, -0.1) is 0 Å². The molecule has 196 valence electrons.